The molecule has 5 heteroatoms. The van der Waals surface area contributed by atoms with Crippen LogP contribution in [-0.2, 0) is 4.79 Å². The van der Waals surface area contributed by atoms with E-state index in [2.05, 4.69) is 0 Å². The Labute approximate surface area is 65.4 Å². The molecule has 0 bridgehead atoms. The van der Waals surface area contributed by atoms with Crippen molar-refractivity contribution in [3.63, 3.8) is 0 Å². The van der Waals surface area contributed by atoms with Crippen LogP contribution in [0, 0.1) is 0 Å². The summed E-state index contributed by atoms with van der Waals surface area (Å²) < 4.78 is 0. The summed E-state index contributed by atoms with van der Waals surface area (Å²) >= 11 is 0. The van der Waals surface area contributed by atoms with Gasteiger partial charge in [0.2, 0.25) is 0 Å². The molecule has 11 heavy (non-hydrogen) atoms. The maximum absolute atomic E-state index is 10.2. The average molecular weight is 162 g/mol. The monoisotopic (exact) mass is 162 g/mol. The fraction of sp³-hybridized carbons (Fsp3) is 0.833. The van der Waals surface area contributed by atoms with Gasteiger partial charge >= 0.3 is 5.97 Å². The molecular formula is C6H14N2O3. The number of nitrogens with two attached hydrogens (primary N) is 1. The molecule has 5 nitrogen and oxygen atoms in total. The Hall–Kier alpha value is -0.650. The Morgan fingerprint density at radius 1 is 1.45 bits per heavy atom. The highest BCUT2D eigenvalue weighted by Gasteiger charge is 2.06. The van der Waals surface area contributed by atoms with Crippen LogP contribution in [-0.4, -0.2) is 53.9 Å². The number of hydrogen-bond donors (Lipinski definition) is 3. The molecule has 0 radical (unpaired) electrons. The van der Waals surface area contributed by atoms with Gasteiger partial charge in [0, 0.05) is 19.6 Å². The lowest BCUT2D eigenvalue weighted by molar-refractivity contribution is -0.138. The smallest absolute Gasteiger partial charge is 0.317 e. The molecule has 0 aliphatic heterocycles. The Balaban J connectivity index is 3.59. The van der Waals surface area contributed by atoms with E-state index in [1.165, 1.54) is 0 Å². The second-order valence-corrected chi connectivity index (χ2v) is 2.18. The van der Waals surface area contributed by atoms with E-state index in [1.807, 2.05) is 0 Å². The van der Waals surface area contributed by atoms with E-state index in [1.54, 1.807) is 4.90 Å². The zero-order chi connectivity index (χ0) is 8.69. The third-order valence-electron chi connectivity index (χ3n) is 1.22. The molecule has 0 saturated carbocycles. The van der Waals surface area contributed by atoms with Crippen LogP contribution in [0.5, 0.6) is 0 Å². The van der Waals surface area contributed by atoms with Gasteiger partial charge in [-0.2, -0.15) is 0 Å². The van der Waals surface area contributed by atoms with E-state index in [-0.39, 0.29) is 13.2 Å². The van der Waals surface area contributed by atoms with Gasteiger partial charge in [-0.25, -0.2) is 0 Å². The summed E-state index contributed by atoms with van der Waals surface area (Å²) in [6, 6.07) is 0. The van der Waals surface area contributed by atoms with Gasteiger partial charge in [0.25, 0.3) is 0 Å². The van der Waals surface area contributed by atoms with Crippen molar-refractivity contribution in [3.8, 4) is 0 Å². The molecule has 0 fully saturated rings. The van der Waals surface area contributed by atoms with Gasteiger partial charge in [-0.15, -0.1) is 0 Å². The van der Waals surface area contributed by atoms with Crippen molar-refractivity contribution >= 4 is 5.97 Å². The number of carbonyl (C=O) groups is 1. The Kier molecular flexibility index (Phi) is 5.73. The van der Waals surface area contributed by atoms with Gasteiger partial charge in [-0.3, -0.25) is 9.69 Å². The van der Waals surface area contributed by atoms with E-state index < -0.39 is 5.97 Å². The fourth-order valence-corrected chi connectivity index (χ4v) is 0.785. The summed E-state index contributed by atoms with van der Waals surface area (Å²) in [6.07, 6.45) is 0. The lowest BCUT2D eigenvalue weighted by Gasteiger charge is -2.17. The molecule has 0 atom stereocenters. The van der Waals surface area contributed by atoms with Gasteiger partial charge in [0.05, 0.1) is 13.2 Å². The maximum atomic E-state index is 10.2. The van der Waals surface area contributed by atoms with Crippen molar-refractivity contribution in [2.24, 2.45) is 5.73 Å². The van der Waals surface area contributed by atoms with E-state index in [0.717, 1.165) is 0 Å². The van der Waals surface area contributed by atoms with Crippen LogP contribution in [0.3, 0.4) is 0 Å². The molecule has 0 heterocycles. The number of carboxylic acids is 1. The summed E-state index contributed by atoms with van der Waals surface area (Å²) in [5.74, 6) is -0.896. The lowest BCUT2D eigenvalue weighted by atomic mass is 10.4. The van der Waals surface area contributed by atoms with Gasteiger partial charge in [-0.1, -0.05) is 0 Å². The van der Waals surface area contributed by atoms with E-state index >= 15 is 0 Å². The first kappa shape index (κ1) is 10.3. The summed E-state index contributed by atoms with van der Waals surface area (Å²) in [4.78, 5) is 11.8. The number of rotatable bonds is 6. The van der Waals surface area contributed by atoms with E-state index in [9.17, 15) is 4.79 Å². The average Bonchev–Trinajstić information content (AvgIpc) is 1.87. The number of carboxylic acid groups (broad SMARTS) is 1. The number of hydrogen-bond acceptors (Lipinski definition) is 4. The second-order valence-electron chi connectivity index (χ2n) is 2.18. The minimum atomic E-state index is -0.896. The van der Waals surface area contributed by atoms with Gasteiger partial charge in [-0.05, 0) is 0 Å². The highest BCUT2D eigenvalue weighted by Crippen LogP contribution is 1.84. The SMILES string of the molecule is NCCN(CCO)CC(=O)O. The zero-order valence-electron chi connectivity index (χ0n) is 6.36. The highest BCUT2D eigenvalue weighted by molar-refractivity contribution is 5.69. The van der Waals surface area contributed by atoms with Crippen molar-refractivity contribution < 1.29 is 15.0 Å². The standard InChI is InChI=1S/C6H14N2O3/c7-1-2-8(3-4-9)5-6(10)11/h9H,1-5,7H2,(H,10,11). The van der Waals surface area contributed by atoms with E-state index in [4.69, 9.17) is 15.9 Å². The quantitative estimate of drug-likeness (QED) is 0.434. The maximum Gasteiger partial charge on any atom is 0.317 e. The largest absolute Gasteiger partial charge is 0.480 e. The van der Waals surface area contributed by atoms with Gasteiger partial charge in [0.1, 0.15) is 0 Å². The van der Waals surface area contributed by atoms with Crippen molar-refractivity contribution in [1.82, 2.24) is 4.90 Å². The summed E-state index contributed by atoms with van der Waals surface area (Å²) in [5.41, 5.74) is 5.22. The van der Waals surface area contributed by atoms with Crippen molar-refractivity contribution in [2.75, 3.05) is 32.8 Å². The predicted molar refractivity (Wildman–Crippen MR) is 40.2 cm³/mol. The van der Waals surface area contributed by atoms with Crippen LogP contribution >= 0.6 is 0 Å². The third kappa shape index (κ3) is 5.78. The first-order valence-electron chi connectivity index (χ1n) is 3.45. The molecule has 0 saturated heterocycles. The molecule has 0 rings (SSSR count). The first-order chi connectivity index (χ1) is 5.20. The second kappa shape index (κ2) is 6.09. The number of aliphatic carboxylic acids is 1. The van der Waals surface area contributed by atoms with Gasteiger partial charge < -0.3 is 15.9 Å². The number of nitrogens with zero attached hydrogens (tertiary/aromatic N) is 1. The molecule has 0 aliphatic rings. The van der Waals surface area contributed by atoms with Crippen molar-refractivity contribution in [3.05, 3.63) is 0 Å². The zero-order valence-corrected chi connectivity index (χ0v) is 6.36. The fourth-order valence-electron chi connectivity index (χ4n) is 0.785. The molecular weight excluding hydrogens is 148 g/mol. The Morgan fingerprint density at radius 3 is 2.45 bits per heavy atom. The lowest BCUT2D eigenvalue weighted by Crippen LogP contribution is -2.36. The van der Waals surface area contributed by atoms with Crippen LogP contribution in [0.25, 0.3) is 0 Å². The topological polar surface area (TPSA) is 86.8 Å². The molecule has 66 valence electrons. The van der Waals surface area contributed by atoms with Crippen LogP contribution in [0.1, 0.15) is 0 Å². The normalized spacial score (nSPS) is 10.5. The highest BCUT2D eigenvalue weighted by atomic mass is 16.4. The minimum Gasteiger partial charge on any atom is -0.480 e. The summed E-state index contributed by atoms with van der Waals surface area (Å²) in [6.45, 7) is 1.19. The molecule has 0 amide bonds. The van der Waals surface area contributed by atoms with Crippen LogP contribution < -0.4 is 5.73 Å². The number of aliphatic hydroxyl groups is 1. The predicted octanol–water partition coefficient (Wildman–Crippen LogP) is -1.68. The van der Waals surface area contributed by atoms with Crippen LogP contribution in [0.4, 0.5) is 0 Å². The summed E-state index contributed by atoms with van der Waals surface area (Å²) in [7, 11) is 0. The molecule has 0 aromatic heterocycles. The third-order valence-corrected chi connectivity index (χ3v) is 1.22. The molecule has 0 aromatic carbocycles. The Morgan fingerprint density at radius 2 is 2.09 bits per heavy atom. The number of aliphatic hydroxyl groups excluding tert-OH is 1. The van der Waals surface area contributed by atoms with E-state index in [0.29, 0.717) is 19.6 Å². The van der Waals surface area contributed by atoms with Crippen LogP contribution in [0.2, 0.25) is 0 Å². The molecule has 4 N–H and O–H groups in total. The first-order valence-corrected chi connectivity index (χ1v) is 3.45. The van der Waals surface area contributed by atoms with Crippen molar-refractivity contribution in [1.29, 1.82) is 0 Å². The molecule has 0 unspecified atom stereocenters. The molecule has 0 aliphatic carbocycles. The molecule has 0 spiro atoms. The van der Waals surface area contributed by atoms with Crippen LogP contribution in [0.15, 0.2) is 0 Å². The Bertz CT molecular complexity index is 112. The van der Waals surface area contributed by atoms with Gasteiger partial charge in [0.15, 0.2) is 0 Å². The minimum absolute atomic E-state index is 0.0344. The van der Waals surface area contributed by atoms with Crippen molar-refractivity contribution in [2.45, 2.75) is 0 Å². The molecule has 0 aromatic rings. The summed E-state index contributed by atoms with van der Waals surface area (Å²) in [5, 5.41) is 16.9.